The van der Waals surface area contributed by atoms with Crippen LogP contribution in [0.25, 0.3) is 21.8 Å². The van der Waals surface area contributed by atoms with E-state index in [1.807, 2.05) is 30.3 Å². The number of nitrogens with zero attached hydrogens (tertiary/aromatic N) is 2. The lowest BCUT2D eigenvalue weighted by Crippen LogP contribution is -1.96. The van der Waals surface area contributed by atoms with E-state index in [9.17, 15) is 20.2 Å². The second-order valence-corrected chi connectivity index (χ2v) is 5.65. The smallest absolute Gasteiger partial charge is 0.318 e. The van der Waals surface area contributed by atoms with Crippen LogP contribution in [0.4, 0.5) is 11.4 Å². The Labute approximate surface area is 145 Å². The second kappa shape index (κ2) is 5.85. The van der Waals surface area contributed by atoms with Gasteiger partial charge < -0.3 is 9.72 Å². The van der Waals surface area contributed by atoms with Gasteiger partial charge in [-0.25, -0.2) is 0 Å². The lowest BCUT2D eigenvalue weighted by Gasteiger charge is -2.06. The molecule has 0 aliphatic heterocycles. The first-order chi connectivity index (χ1) is 12.5. The van der Waals surface area contributed by atoms with Crippen molar-refractivity contribution in [3.05, 3.63) is 80.9 Å². The minimum Gasteiger partial charge on any atom is -0.450 e. The largest absolute Gasteiger partial charge is 0.450 e. The van der Waals surface area contributed by atoms with Crippen LogP contribution in [0.15, 0.2) is 60.7 Å². The number of nitrogens with one attached hydrogen (secondary N) is 1. The Balaban J connectivity index is 1.76. The van der Waals surface area contributed by atoms with Crippen molar-refractivity contribution in [3.8, 4) is 11.5 Å². The molecule has 1 N–H and O–H groups in total. The minimum atomic E-state index is -0.705. The molecule has 0 saturated heterocycles. The standard InChI is InChI=1S/C18H11N3O5/c22-20(23)11-5-8-18(17(9-11)21(24)25)26-12-6-7-14-13-3-1-2-4-15(13)19-16(14)10-12/h1-10,19H. The molecule has 1 heterocycles. The van der Waals surface area contributed by atoms with Gasteiger partial charge in [0.2, 0.25) is 5.75 Å². The van der Waals surface area contributed by atoms with Crippen molar-refractivity contribution in [2.75, 3.05) is 0 Å². The molecule has 26 heavy (non-hydrogen) atoms. The molecule has 0 bridgehead atoms. The molecule has 0 unspecified atom stereocenters. The summed E-state index contributed by atoms with van der Waals surface area (Å²) in [5.41, 5.74) is 0.972. The van der Waals surface area contributed by atoms with Crippen LogP contribution in [0.1, 0.15) is 0 Å². The van der Waals surface area contributed by atoms with Crippen molar-refractivity contribution in [1.82, 2.24) is 4.98 Å². The van der Waals surface area contributed by atoms with Gasteiger partial charge in [0.1, 0.15) is 5.75 Å². The summed E-state index contributed by atoms with van der Waals surface area (Å²) in [5.74, 6) is 0.331. The molecule has 0 fully saturated rings. The molecule has 3 aromatic carbocycles. The molecular formula is C18H11N3O5. The summed E-state index contributed by atoms with van der Waals surface area (Å²) in [6.45, 7) is 0. The van der Waals surface area contributed by atoms with E-state index in [1.165, 1.54) is 12.1 Å². The first kappa shape index (κ1) is 15.6. The summed E-state index contributed by atoms with van der Waals surface area (Å²) >= 11 is 0. The molecule has 0 saturated carbocycles. The van der Waals surface area contributed by atoms with Gasteiger partial charge in [0.05, 0.1) is 21.4 Å². The summed E-state index contributed by atoms with van der Waals surface area (Å²) < 4.78 is 5.63. The van der Waals surface area contributed by atoms with E-state index in [1.54, 1.807) is 12.1 Å². The Kier molecular flexibility index (Phi) is 3.51. The molecule has 0 atom stereocenters. The summed E-state index contributed by atoms with van der Waals surface area (Å²) in [6.07, 6.45) is 0. The first-order valence-electron chi connectivity index (χ1n) is 7.64. The number of aromatic nitrogens is 1. The number of nitro benzene ring substituents is 2. The van der Waals surface area contributed by atoms with E-state index in [4.69, 9.17) is 4.74 Å². The highest BCUT2D eigenvalue weighted by Crippen LogP contribution is 2.36. The van der Waals surface area contributed by atoms with Crippen LogP contribution < -0.4 is 4.74 Å². The fourth-order valence-corrected chi connectivity index (χ4v) is 2.87. The number of nitro groups is 2. The highest BCUT2D eigenvalue weighted by atomic mass is 16.6. The van der Waals surface area contributed by atoms with Crippen LogP contribution >= 0.6 is 0 Å². The number of H-pyrrole nitrogens is 1. The third-order valence-electron chi connectivity index (χ3n) is 4.06. The molecule has 128 valence electrons. The van der Waals surface area contributed by atoms with Crippen LogP contribution in [0, 0.1) is 20.2 Å². The maximum absolute atomic E-state index is 11.2. The molecule has 0 amide bonds. The molecular weight excluding hydrogens is 338 g/mol. The van der Waals surface area contributed by atoms with E-state index in [2.05, 4.69) is 4.98 Å². The van der Waals surface area contributed by atoms with Crippen molar-refractivity contribution in [1.29, 1.82) is 0 Å². The third kappa shape index (κ3) is 2.59. The number of hydrogen-bond acceptors (Lipinski definition) is 5. The Morgan fingerprint density at radius 1 is 0.808 bits per heavy atom. The van der Waals surface area contributed by atoms with Gasteiger partial charge in [-0.2, -0.15) is 0 Å². The van der Waals surface area contributed by atoms with Gasteiger partial charge in [0.15, 0.2) is 0 Å². The van der Waals surface area contributed by atoms with Crippen molar-refractivity contribution >= 4 is 33.2 Å². The molecule has 0 spiro atoms. The summed E-state index contributed by atoms with van der Waals surface area (Å²) in [5, 5.41) is 24.1. The van der Waals surface area contributed by atoms with Gasteiger partial charge in [0, 0.05) is 28.4 Å². The quantitative estimate of drug-likeness (QED) is 0.415. The zero-order chi connectivity index (χ0) is 18.3. The van der Waals surface area contributed by atoms with Gasteiger partial charge in [0.25, 0.3) is 5.69 Å². The number of fused-ring (bicyclic) bond motifs is 3. The van der Waals surface area contributed by atoms with E-state index >= 15 is 0 Å². The van der Waals surface area contributed by atoms with E-state index in [0.29, 0.717) is 5.75 Å². The Morgan fingerprint density at radius 2 is 1.58 bits per heavy atom. The van der Waals surface area contributed by atoms with Crippen LogP contribution in [-0.4, -0.2) is 14.8 Å². The maximum atomic E-state index is 11.2. The normalized spacial score (nSPS) is 10.9. The van der Waals surface area contributed by atoms with Gasteiger partial charge in [-0.1, -0.05) is 18.2 Å². The molecule has 4 aromatic rings. The lowest BCUT2D eigenvalue weighted by molar-refractivity contribution is -0.394. The van der Waals surface area contributed by atoms with Crippen molar-refractivity contribution < 1.29 is 14.6 Å². The number of non-ortho nitro benzene ring substituents is 1. The van der Waals surface area contributed by atoms with Crippen molar-refractivity contribution in [2.45, 2.75) is 0 Å². The van der Waals surface area contributed by atoms with Crippen molar-refractivity contribution in [2.24, 2.45) is 0 Å². The molecule has 8 nitrogen and oxygen atoms in total. The summed E-state index contributed by atoms with van der Waals surface area (Å²) in [4.78, 5) is 23.9. The molecule has 0 aliphatic rings. The first-order valence-corrected chi connectivity index (χ1v) is 7.64. The Bertz CT molecular complexity index is 1180. The Morgan fingerprint density at radius 3 is 2.35 bits per heavy atom. The van der Waals surface area contributed by atoms with Crippen LogP contribution in [0.5, 0.6) is 11.5 Å². The SMILES string of the molecule is O=[N+]([O-])c1ccc(Oc2ccc3c(c2)[nH]c2ccccc23)c([N+](=O)[O-])c1. The number of benzene rings is 3. The van der Waals surface area contributed by atoms with E-state index in [-0.39, 0.29) is 11.4 Å². The summed E-state index contributed by atoms with van der Waals surface area (Å²) in [6, 6.07) is 16.4. The average molecular weight is 349 g/mol. The predicted molar refractivity (Wildman–Crippen MR) is 95.6 cm³/mol. The van der Waals surface area contributed by atoms with Crippen molar-refractivity contribution in [3.63, 3.8) is 0 Å². The Hall–Kier alpha value is -3.94. The van der Waals surface area contributed by atoms with E-state index in [0.717, 1.165) is 27.9 Å². The number of rotatable bonds is 4. The fourth-order valence-electron chi connectivity index (χ4n) is 2.87. The highest BCUT2D eigenvalue weighted by Gasteiger charge is 2.21. The molecule has 8 heteroatoms. The summed E-state index contributed by atoms with van der Waals surface area (Å²) in [7, 11) is 0. The van der Waals surface area contributed by atoms with E-state index < -0.39 is 15.5 Å². The van der Waals surface area contributed by atoms with Gasteiger partial charge >= 0.3 is 5.69 Å². The number of aromatic amines is 1. The molecule has 1 aromatic heterocycles. The average Bonchev–Trinajstić information content (AvgIpc) is 2.99. The van der Waals surface area contributed by atoms with Crippen LogP contribution in [0.3, 0.4) is 0 Å². The zero-order valence-corrected chi connectivity index (χ0v) is 13.2. The number of para-hydroxylation sites is 1. The maximum Gasteiger partial charge on any atom is 0.318 e. The van der Waals surface area contributed by atoms with Crippen LogP contribution in [-0.2, 0) is 0 Å². The monoisotopic (exact) mass is 349 g/mol. The zero-order valence-electron chi connectivity index (χ0n) is 13.2. The lowest BCUT2D eigenvalue weighted by atomic mass is 10.1. The second-order valence-electron chi connectivity index (χ2n) is 5.65. The molecule has 4 rings (SSSR count). The van der Waals surface area contributed by atoms with Gasteiger partial charge in [-0.15, -0.1) is 0 Å². The molecule has 0 aliphatic carbocycles. The van der Waals surface area contributed by atoms with Gasteiger partial charge in [-0.3, -0.25) is 20.2 Å². The van der Waals surface area contributed by atoms with Gasteiger partial charge in [-0.05, 0) is 24.3 Å². The predicted octanol–water partition coefficient (Wildman–Crippen LogP) is 4.93. The number of ether oxygens (including phenoxy) is 1. The molecule has 0 radical (unpaired) electrons. The van der Waals surface area contributed by atoms with Crippen LogP contribution in [0.2, 0.25) is 0 Å². The fraction of sp³-hybridized carbons (Fsp3) is 0. The highest BCUT2D eigenvalue weighted by molar-refractivity contribution is 6.07. The number of hydrogen-bond donors (Lipinski definition) is 1. The topological polar surface area (TPSA) is 111 Å². The third-order valence-corrected chi connectivity index (χ3v) is 4.06. The minimum absolute atomic E-state index is 0.0592.